The predicted octanol–water partition coefficient (Wildman–Crippen LogP) is 2.17. The second-order valence-electron chi connectivity index (χ2n) is 5.79. The van der Waals surface area contributed by atoms with Crippen molar-refractivity contribution in [3.8, 4) is 0 Å². The second kappa shape index (κ2) is 5.85. The second-order valence-corrected chi connectivity index (χ2v) is 5.79. The van der Waals surface area contributed by atoms with Gasteiger partial charge in [0.15, 0.2) is 0 Å². The third kappa shape index (κ3) is 3.01. The van der Waals surface area contributed by atoms with Gasteiger partial charge in [-0.2, -0.15) is 0 Å². The van der Waals surface area contributed by atoms with Crippen LogP contribution in [0, 0.1) is 5.92 Å². The molecule has 0 aromatic rings. The number of piperazine rings is 1. The Balaban J connectivity index is 2.01. The summed E-state index contributed by atoms with van der Waals surface area (Å²) >= 11 is 0. The first kappa shape index (κ1) is 12.9. The lowest BCUT2D eigenvalue weighted by atomic mass is 9.96. The number of rotatable bonds is 1. The van der Waals surface area contributed by atoms with Crippen molar-refractivity contribution < 1.29 is 4.79 Å². The third-order valence-corrected chi connectivity index (χ3v) is 4.29. The maximum absolute atomic E-state index is 12.6. The molecule has 0 bridgehead atoms. The molecule has 0 aromatic carbocycles. The molecule has 98 valence electrons. The van der Waals surface area contributed by atoms with Crippen LogP contribution in [0.3, 0.4) is 0 Å². The molecule has 1 amide bonds. The van der Waals surface area contributed by atoms with Gasteiger partial charge < -0.3 is 10.2 Å². The van der Waals surface area contributed by atoms with Gasteiger partial charge >= 0.3 is 0 Å². The van der Waals surface area contributed by atoms with Gasteiger partial charge in [-0.15, -0.1) is 0 Å². The van der Waals surface area contributed by atoms with E-state index in [2.05, 4.69) is 24.1 Å². The normalized spacial score (nSPS) is 32.2. The lowest BCUT2D eigenvalue weighted by Gasteiger charge is -2.41. The molecular weight excluding hydrogens is 212 g/mol. The standard InChI is InChI=1S/C14H26N2O/c1-11-9-15-10-12(2)16(11)14(17)13-7-5-3-4-6-8-13/h11-13,15H,3-10H2,1-2H3. The fourth-order valence-corrected chi connectivity index (χ4v) is 3.30. The van der Waals surface area contributed by atoms with Crippen molar-refractivity contribution in [3.05, 3.63) is 0 Å². The first-order valence-corrected chi connectivity index (χ1v) is 7.23. The maximum Gasteiger partial charge on any atom is 0.226 e. The molecule has 3 heteroatoms. The zero-order valence-electron chi connectivity index (χ0n) is 11.2. The van der Waals surface area contributed by atoms with Crippen molar-refractivity contribution in [2.45, 2.75) is 64.5 Å². The first-order valence-electron chi connectivity index (χ1n) is 7.23. The van der Waals surface area contributed by atoms with Crippen molar-refractivity contribution in [1.82, 2.24) is 10.2 Å². The van der Waals surface area contributed by atoms with E-state index in [1.54, 1.807) is 0 Å². The highest BCUT2D eigenvalue weighted by atomic mass is 16.2. The quantitative estimate of drug-likeness (QED) is 0.710. The maximum atomic E-state index is 12.6. The van der Waals surface area contributed by atoms with Gasteiger partial charge in [0, 0.05) is 31.1 Å². The zero-order valence-corrected chi connectivity index (χ0v) is 11.2. The minimum absolute atomic E-state index is 0.306. The first-order chi connectivity index (χ1) is 8.20. The molecule has 17 heavy (non-hydrogen) atoms. The lowest BCUT2D eigenvalue weighted by Crippen LogP contribution is -2.58. The number of carbonyl (C=O) groups is 1. The minimum atomic E-state index is 0.306. The summed E-state index contributed by atoms with van der Waals surface area (Å²) in [4.78, 5) is 14.8. The van der Waals surface area contributed by atoms with Crippen LogP contribution < -0.4 is 5.32 Å². The molecule has 0 radical (unpaired) electrons. The van der Waals surface area contributed by atoms with Crippen molar-refractivity contribution in [2.24, 2.45) is 5.92 Å². The monoisotopic (exact) mass is 238 g/mol. The van der Waals surface area contributed by atoms with Gasteiger partial charge in [0.1, 0.15) is 0 Å². The van der Waals surface area contributed by atoms with Crippen molar-refractivity contribution in [1.29, 1.82) is 0 Å². The van der Waals surface area contributed by atoms with E-state index in [9.17, 15) is 4.79 Å². The Kier molecular flexibility index (Phi) is 4.43. The van der Waals surface area contributed by atoms with E-state index >= 15 is 0 Å². The molecule has 2 rings (SSSR count). The Bertz CT molecular complexity index is 249. The van der Waals surface area contributed by atoms with Crippen molar-refractivity contribution in [2.75, 3.05) is 13.1 Å². The van der Waals surface area contributed by atoms with Crippen LogP contribution in [0.15, 0.2) is 0 Å². The summed E-state index contributed by atoms with van der Waals surface area (Å²) in [5, 5.41) is 3.39. The van der Waals surface area contributed by atoms with E-state index in [1.165, 1.54) is 25.7 Å². The smallest absolute Gasteiger partial charge is 0.226 e. The average molecular weight is 238 g/mol. The molecule has 0 aromatic heterocycles. The van der Waals surface area contributed by atoms with E-state index in [4.69, 9.17) is 0 Å². The molecule has 2 aliphatic rings. The molecule has 3 nitrogen and oxygen atoms in total. The van der Waals surface area contributed by atoms with Crippen LogP contribution in [-0.4, -0.2) is 36.0 Å². The van der Waals surface area contributed by atoms with E-state index in [1.807, 2.05) is 0 Å². The summed E-state index contributed by atoms with van der Waals surface area (Å²) in [5.41, 5.74) is 0. The predicted molar refractivity (Wildman–Crippen MR) is 69.8 cm³/mol. The molecule has 2 atom stereocenters. The van der Waals surface area contributed by atoms with Gasteiger partial charge in [0.25, 0.3) is 0 Å². The fraction of sp³-hybridized carbons (Fsp3) is 0.929. The third-order valence-electron chi connectivity index (χ3n) is 4.29. The Labute approximate surface area is 105 Å². The summed E-state index contributed by atoms with van der Waals surface area (Å²) in [5.74, 6) is 0.730. The highest BCUT2D eigenvalue weighted by Crippen LogP contribution is 2.26. The molecule has 0 spiro atoms. The molecule has 1 heterocycles. The lowest BCUT2D eigenvalue weighted by molar-refractivity contribution is -0.141. The summed E-state index contributed by atoms with van der Waals surface area (Å²) in [6.45, 7) is 6.22. The van der Waals surface area contributed by atoms with E-state index in [0.29, 0.717) is 23.9 Å². The molecule has 2 unspecified atom stereocenters. The molecule has 1 saturated carbocycles. The number of carbonyl (C=O) groups excluding carboxylic acids is 1. The molecule has 1 N–H and O–H groups in total. The zero-order chi connectivity index (χ0) is 12.3. The molecule has 1 saturated heterocycles. The highest BCUT2D eigenvalue weighted by Gasteiger charge is 2.33. The van der Waals surface area contributed by atoms with Gasteiger partial charge in [-0.25, -0.2) is 0 Å². The van der Waals surface area contributed by atoms with Crippen LogP contribution in [0.4, 0.5) is 0 Å². The fourth-order valence-electron chi connectivity index (χ4n) is 3.30. The SMILES string of the molecule is CC1CNCC(C)N1C(=O)C1CCCCCC1. The minimum Gasteiger partial charge on any atom is -0.334 e. The van der Waals surface area contributed by atoms with Gasteiger partial charge in [0.05, 0.1) is 0 Å². The van der Waals surface area contributed by atoms with Gasteiger partial charge in [-0.3, -0.25) is 4.79 Å². The molecule has 1 aliphatic carbocycles. The van der Waals surface area contributed by atoms with E-state index in [0.717, 1.165) is 25.9 Å². The van der Waals surface area contributed by atoms with Gasteiger partial charge in [-0.1, -0.05) is 25.7 Å². The number of amides is 1. The molecule has 1 aliphatic heterocycles. The Morgan fingerprint density at radius 1 is 1.00 bits per heavy atom. The van der Waals surface area contributed by atoms with Gasteiger partial charge in [0.2, 0.25) is 5.91 Å². The number of nitrogens with zero attached hydrogens (tertiary/aromatic N) is 1. The number of hydrogen-bond donors (Lipinski definition) is 1. The molecular formula is C14H26N2O. The highest BCUT2D eigenvalue weighted by molar-refractivity contribution is 5.79. The van der Waals surface area contributed by atoms with Crippen LogP contribution in [0.5, 0.6) is 0 Å². The van der Waals surface area contributed by atoms with Crippen LogP contribution in [0.25, 0.3) is 0 Å². The van der Waals surface area contributed by atoms with E-state index < -0.39 is 0 Å². The topological polar surface area (TPSA) is 32.3 Å². The summed E-state index contributed by atoms with van der Waals surface area (Å²) in [6.07, 6.45) is 7.34. The summed E-state index contributed by atoms with van der Waals surface area (Å²) in [6, 6.07) is 0.712. The van der Waals surface area contributed by atoms with Gasteiger partial charge in [-0.05, 0) is 26.7 Å². The number of nitrogens with one attached hydrogen (secondary N) is 1. The van der Waals surface area contributed by atoms with Crippen LogP contribution in [0.2, 0.25) is 0 Å². The summed E-state index contributed by atoms with van der Waals surface area (Å²) < 4.78 is 0. The van der Waals surface area contributed by atoms with Crippen LogP contribution in [0.1, 0.15) is 52.4 Å². The Hall–Kier alpha value is -0.570. The van der Waals surface area contributed by atoms with Crippen molar-refractivity contribution in [3.63, 3.8) is 0 Å². The average Bonchev–Trinajstić information content (AvgIpc) is 2.57. The molecule has 2 fully saturated rings. The Morgan fingerprint density at radius 2 is 1.53 bits per heavy atom. The summed E-state index contributed by atoms with van der Waals surface area (Å²) in [7, 11) is 0. The Morgan fingerprint density at radius 3 is 2.06 bits per heavy atom. The van der Waals surface area contributed by atoms with Crippen LogP contribution >= 0.6 is 0 Å². The van der Waals surface area contributed by atoms with Crippen LogP contribution in [-0.2, 0) is 4.79 Å². The van der Waals surface area contributed by atoms with Crippen molar-refractivity contribution >= 4 is 5.91 Å². The number of hydrogen-bond acceptors (Lipinski definition) is 2. The largest absolute Gasteiger partial charge is 0.334 e. The van der Waals surface area contributed by atoms with E-state index in [-0.39, 0.29) is 0 Å².